The van der Waals surface area contributed by atoms with E-state index in [1.165, 1.54) is 40.8 Å². The predicted molar refractivity (Wildman–Crippen MR) is 122 cm³/mol. The quantitative estimate of drug-likeness (QED) is 0.340. The maximum Gasteiger partial charge on any atom is 0.229 e. The molecule has 0 aliphatic heterocycles. The highest BCUT2D eigenvalue weighted by molar-refractivity contribution is 7.99. The second-order valence-corrected chi connectivity index (χ2v) is 9.04. The molecule has 0 bridgehead atoms. The van der Waals surface area contributed by atoms with E-state index in [1.807, 2.05) is 31.2 Å². The molecule has 0 aliphatic carbocycles. The molecule has 2 aromatic heterocycles. The Morgan fingerprint density at radius 2 is 2.00 bits per heavy atom. The van der Waals surface area contributed by atoms with Gasteiger partial charge in [0.25, 0.3) is 0 Å². The van der Waals surface area contributed by atoms with Crippen molar-refractivity contribution < 1.29 is 9.18 Å². The highest BCUT2D eigenvalue weighted by Gasteiger charge is 2.20. The van der Waals surface area contributed by atoms with Crippen LogP contribution < -0.4 is 4.90 Å². The summed E-state index contributed by atoms with van der Waals surface area (Å²) < 4.78 is 14.1. The Labute approximate surface area is 182 Å². The van der Waals surface area contributed by atoms with Crippen LogP contribution in [0.3, 0.4) is 0 Å². The molecule has 152 valence electrons. The minimum absolute atomic E-state index is 0.00393. The number of aromatic nitrogens is 2. The van der Waals surface area contributed by atoms with Crippen molar-refractivity contribution >= 4 is 44.4 Å². The number of fused-ring (bicyclic) bond motifs is 1. The first kappa shape index (κ1) is 20.5. The normalized spacial score (nSPS) is 11.0. The lowest BCUT2D eigenvalue weighted by atomic mass is 10.2. The van der Waals surface area contributed by atoms with Crippen LogP contribution in [0.5, 0.6) is 0 Å². The first-order valence-electron chi connectivity index (χ1n) is 9.53. The van der Waals surface area contributed by atoms with E-state index in [1.54, 1.807) is 29.4 Å². The van der Waals surface area contributed by atoms with Crippen molar-refractivity contribution in [1.82, 2.24) is 9.97 Å². The number of halogens is 1. The number of carbonyl (C=O) groups is 1. The minimum atomic E-state index is -0.260. The third-order valence-electron chi connectivity index (χ3n) is 4.53. The van der Waals surface area contributed by atoms with Gasteiger partial charge >= 0.3 is 0 Å². The average molecular weight is 438 g/mol. The number of hydrogen-bond donors (Lipinski definition) is 0. The second kappa shape index (κ2) is 9.36. The number of thioether (sulfide) groups is 1. The highest BCUT2D eigenvalue weighted by Crippen LogP contribution is 2.31. The molecule has 7 heteroatoms. The molecule has 1 amide bonds. The maximum absolute atomic E-state index is 13.1. The van der Waals surface area contributed by atoms with Crippen molar-refractivity contribution in [2.24, 2.45) is 0 Å². The monoisotopic (exact) mass is 437 g/mol. The topological polar surface area (TPSA) is 46.1 Å². The zero-order valence-electron chi connectivity index (χ0n) is 16.4. The number of anilines is 1. The van der Waals surface area contributed by atoms with E-state index in [-0.39, 0.29) is 11.7 Å². The molecule has 0 spiro atoms. The van der Waals surface area contributed by atoms with Crippen LogP contribution in [0, 0.1) is 12.7 Å². The van der Waals surface area contributed by atoms with Gasteiger partial charge in [-0.25, -0.2) is 9.37 Å². The lowest BCUT2D eigenvalue weighted by molar-refractivity contribution is -0.118. The lowest BCUT2D eigenvalue weighted by Gasteiger charge is -2.20. The SMILES string of the molecule is Cc1ccc2nc(N(Cc3cccnc3)C(=O)CCSc3ccc(F)cc3)sc2c1. The molecule has 4 rings (SSSR count). The fourth-order valence-corrected chi connectivity index (χ4v) is 4.92. The second-order valence-electron chi connectivity index (χ2n) is 6.86. The Bertz CT molecular complexity index is 1150. The molecular weight excluding hydrogens is 417 g/mol. The van der Waals surface area contributed by atoms with Crippen LogP contribution in [0.25, 0.3) is 10.2 Å². The standard InChI is InChI=1S/C23H20FN3OS2/c1-16-4-9-20-21(13-16)30-23(26-20)27(15-17-3-2-11-25-14-17)22(28)10-12-29-19-7-5-18(24)6-8-19/h2-9,11,13-14H,10,12,15H2,1H3. The number of rotatable bonds is 7. The first-order valence-corrected chi connectivity index (χ1v) is 11.3. The maximum atomic E-state index is 13.1. The van der Waals surface area contributed by atoms with E-state index in [0.29, 0.717) is 23.8 Å². The van der Waals surface area contributed by atoms with Crippen LogP contribution in [-0.2, 0) is 11.3 Å². The molecule has 2 heterocycles. The van der Waals surface area contributed by atoms with Crippen molar-refractivity contribution in [2.45, 2.75) is 24.8 Å². The predicted octanol–water partition coefficient (Wildman–Crippen LogP) is 5.85. The number of aryl methyl sites for hydroxylation is 1. The Kier molecular flexibility index (Phi) is 6.40. The van der Waals surface area contributed by atoms with E-state index in [0.717, 1.165) is 20.7 Å². The molecule has 0 atom stereocenters. The van der Waals surface area contributed by atoms with E-state index in [9.17, 15) is 9.18 Å². The summed E-state index contributed by atoms with van der Waals surface area (Å²) in [5, 5.41) is 0.691. The number of benzene rings is 2. The van der Waals surface area contributed by atoms with E-state index in [4.69, 9.17) is 4.98 Å². The summed E-state index contributed by atoms with van der Waals surface area (Å²) in [6.07, 6.45) is 3.84. The fraction of sp³-hybridized carbons (Fsp3) is 0.174. The summed E-state index contributed by atoms with van der Waals surface area (Å²) in [7, 11) is 0. The van der Waals surface area contributed by atoms with Gasteiger partial charge in [-0.15, -0.1) is 11.8 Å². The molecule has 0 radical (unpaired) electrons. The van der Waals surface area contributed by atoms with Crippen molar-refractivity contribution in [1.29, 1.82) is 0 Å². The first-order chi connectivity index (χ1) is 14.6. The summed E-state index contributed by atoms with van der Waals surface area (Å²) in [6.45, 7) is 2.47. The summed E-state index contributed by atoms with van der Waals surface area (Å²) in [6, 6.07) is 16.3. The van der Waals surface area contributed by atoms with Gasteiger partial charge in [0.15, 0.2) is 5.13 Å². The summed E-state index contributed by atoms with van der Waals surface area (Å²) >= 11 is 3.06. The number of pyridine rings is 1. The van der Waals surface area contributed by atoms with Crippen molar-refractivity contribution in [3.05, 3.63) is 83.9 Å². The number of hydrogen-bond acceptors (Lipinski definition) is 5. The summed E-state index contributed by atoms with van der Waals surface area (Å²) in [5.74, 6) is 0.353. The Morgan fingerprint density at radius 3 is 2.77 bits per heavy atom. The summed E-state index contributed by atoms with van der Waals surface area (Å²) in [5.41, 5.74) is 3.01. The molecule has 0 unspecified atom stereocenters. The van der Waals surface area contributed by atoms with Crippen LogP contribution in [0.2, 0.25) is 0 Å². The zero-order chi connectivity index (χ0) is 20.9. The molecule has 0 N–H and O–H groups in total. The number of thiazole rings is 1. The lowest BCUT2D eigenvalue weighted by Crippen LogP contribution is -2.30. The molecule has 4 aromatic rings. The van der Waals surface area contributed by atoms with Gasteiger partial charge in [-0.05, 0) is 60.5 Å². The minimum Gasteiger partial charge on any atom is -0.284 e. The fourth-order valence-electron chi connectivity index (χ4n) is 2.99. The van der Waals surface area contributed by atoms with Crippen molar-refractivity contribution in [3.63, 3.8) is 0 Å². The smallest absolute Gasteiger partial charge is 0.229 e. The van der Waals surface area contributed by atoms with Crippen molar-refractivity contribution in [2.75, 3.05) is 10.7 Å². The van der Waals surface area contributed by atoms with E-state index in [2.05, 4.69) is 11.1 Å². The molecular formula is C23H20FN3OS2. The molecule has 0 saturated heterocycles. The molecule has 0 saturated carbocycles. The van der Waals surface area contributed by atoms with Gasteiger partial charge in [0.05, 0.1) is 16.8 Å². The molecule has 0 fully saturated rings. The molecule has 0 aliphatic rings. The van der Waals surface area contributed by atoms with Crippen LogP contribution >= 0.6 is 23.1 Å². The Morgan fingerprint density at radius 1 is 1.17 bits per heavy atom. The van der Waals surface area contributed by atoms with Gasteiger partial charge in [0.2, 0.25) is 5.91 Å². The van der Waals surface area contributed by atoms with Gasteiger partial charge in [-0.2, -0.15) is 0 Å². The van der Waals surface area contributed by atoms with Gasteiger partial charge in [-0.1, -0.05) is 23.5 Å². The average Bonchev–Trinajstić information content (AvgIpc) is 3.17. The largest absolute Gasteiger partial charge is 0.284 e. The number of nitrogens with zero attached hydrogens (tertiary/aromatic N) is 3. The number of amides is 1. The van der Waals surface area contributed by atoms with Gasteiger partial charge < -0.3 is 0 Å². The number of carbonyl (C=O) groups excluding carboxylic acids is 1. The Balaban J connectivity index is 1.52. The van der Waals surface area contributed by atoms with Crippen molar-refractivity contribution in [3.8, 4) is 0 Å². The molecule has 30 heavy (non-hydrogen) atoms. The van der Waals surface area contributed by atoms with Crippen LogP contribution in [-0.4, -0.2) is 21.6 Å². The van der Waals surface area contributed by atoms with E-state index < -0.39 is 0 Å². The van der Waals surface area contributed by atoms with Gasteiger partial charge in [0, 0.05) is 29.5 Å². The van der Waals surface area contributed by atoms with Crippen LogP contribution in [0.1, 0.15) is 17.5 Å². The van der Waals surface area contributed by atoms with E-state index >= 15 is 0 Å². The summed E-state index contributed by atoms with van der Waals surface area (Å²) in [4.78, 5) is 24.7. The molecule has 2 aromatic carbocycles. The highest BCUT2D eigenvalue weighted by atomic mass is 32.2. The molecule has 4 nitrogen and oxygen atoms in total. The third kappa shape index (κ3) is 5.04. The third-order valence-corrected chi connectivity index (χ3v) is 6.58. The van der Waals surface area contributed by atoms with Crippen LogP contribution in [0.15, 0.2) is 71.9 Å². The van der Waals surface area contributed by atoms with Crippen LogP contribution in [0.4, 0.5) is 9.52 Å². The van der Waals surface area contributed by atoms with Gasteiger partial charge in [0.1, 0.15) is 5.82 Å². The van der Waals surface area contributed by atoms with Gasteiger partial charge in [-0.3, -0.25) is 14.7 Å². The zero-order valence-corrected chi connectivity index (χ0v) is 18.0. The Hall–Kier alpha value is -2.77.